The van der Waals surface area contributed by atoms with E-state index in [1.807, 2.05) is 6.92 Å². The molecule has 0 spiro atoms. The summed E-state index contributed by atoms with van der Waals surface area (Å²) in [6.45, 7) is 4.10. The summed E-state index contributed by atoms with van der Waals surface area (Å²) in [6, 6.07) is 8.97. The minimum Gasteiger partial charge on any atom is -0.319 e. The zero-order chi connectivity index (χ0) is 14.8. The van der Waals surface area contributed by atoms with Crippen molar-refractivity contribution in [2.75, 3.05) is 26.2 Å². The van der Waals surface area contributed by atoms with Gasteiger partial charge in [-0.2, -0.15) is 9.57 Å². The molecule has 1 aromatic rings. The Balaban J connectivity index is 2.15. The molecule has 108 valence electrons. The number of sulfonamides is 1. The van der Waals surface area contributed by atoms with Gasteiger partial charge in [-0.1, -0.05) is 12.1 Å². The normalized spacial score (nSPS) is 19.4. The maximum Gasteiger partial charge on any atom is 0.244 e. The zero-order valence-corrected chi connectivity index (χ0v) is 13.6. The lowest BCUT2D eigenvalue weighted by Gasteiger charge is -2.32. The molecule has 20 heavy (non-hydrogen) atoms. The summed E-state index contributed by atoms with van der Waals surface area (Å²) in [4.78, 5) is 1.45. The van der Waals surface area contributed by atoms with Crippen LogP contribution in [0.25, 0.3) is 0 Å². The lowest BCUT2D eigenvalue weighted by atomic mass is 10.2. The second-order valence-electron chi connectivity index (χ2n) is 4.84. The van der Waals surface area contributed by atoms with E-state index in [0.29, 0.717) is 35.5 Å². The molecule has 0 aliphatic carbocycles. The summed E-state index contributed by atoms with van der Waals surface area (Å²) in [7, 11) is -3.46. The number of nitriles is 1. The van der Waals surface area contributed by atoms with Gasteiger partial charge in [0, 0.05) is 11.4 Å². The molecule has 0 bridgehead atoms. The number of halogens is 1. The van der Waals surface area contributed by atoms with Gasteiger partial charge in [0.2, 0.25) is 10.0 Å². The third kappa shape index (κ3) is 3.04. The van der Waals surface area contributed by atoms with Crippen molar-refractivity contribution in [1.29, 1.82) is 5.26 Å². The highest BCUT2D eigenvalue weighted by Gasteiger charge is 2.32. The van der Waals surface area contributed by atoms with Crippen molar-refractivity contribution >= 4 is 26.0 Å². The number of hydrogen-bond donors (Lipinski definition) is 1. The number of hydrogen-bond acceptors (Lipinski definition) is 3. The van der Waals surface area contributed by atoms with Crippen LogP contribution < -0.4 is 4.90 Å². The van der Waals surface area contributed by atoms with Gasteiger partial charge >= 0.3 is 0 Å². The van der Waals surface area contributed by atoms with Crippen LogP contribution in [-0.4, -0.2) is 44.9 Å². The minimum absolute atomic E-state index is 0.0942. The zero-order valence-electron chi connectivity index (χ0n) is 11.2. The van der Waals surface area contributed by atoms with Gasteiger partial charge in [-0.25, -0.2) is 8.42 Å². The Kier molecular flexibility index (Phi) is 4.81. The molecule has 0 amide bonds. The Morgan fingerprint density at radius 1 is 1.35 bits per heavy atom. The Bertz CT molecular complexity index is 619. The molecular weight excluding hydrogens is 342 g/mol. The molecule has 1 aliphatic heterocycles. The van der Waals surface area contributed by atoms with E-state index in [1.165, 1.54) is 4.31 Å². The Hall–Kier alpha value is -0.940. The lowest BCUT2D eigenvalue weighted by Crippen LogP contribution is -3.17. The summed E-state index contributed by atoms with van der Waals surface area (Å²) >= 11 is 3.29. The van der Waals surface area contributed by atoms with Gasteiger partial charge in [-0.3, -0.25) is 0 Å². The SMILES string of the molecule is C[C@@H](C#N)[NH+]1CCN(S(=O)(=O)c2ccccc2Br)CC1. The fourth-order valence-electron chi connectivity index (χ4n) is 2.33. The summed E-state index contributed by atoms with van der Waals surface area (Å²) < 4.78 is 27.2. The van der Waals surface area contributed by atoms with Gasteiger partial charge in [0.25, 0.3) is 0 Å². The van der Waals surface area contributed by atoms with Crippen molar-refractivity contribution < 1.29 is 13.3 Å². The van der Waals surface area contributed by atoms with Gasteiger partial charge < -0.3 is 4.90 Å². The largest absolute Gasteiger partial charge is 0.319 e. The average Bonchev–Trinajstić information content (AvgIpc) is 2.47. The molecule has 0 aromatic heterocycles. The summed E-state index contributed by atoms with van der Waals surface area (Å²) in [5.41, 5.74) is 0. The van der Waals surface area contributed by atoms with Crippen LogP contribution in [0.1, 0.15) is 6.92 Å². The number of quaternary nitrogens is 1. The van der Waals surface area contributed by atoms with Crippen molar-refractivity contribution in [3.63, 3.8) is 0 Å². The van der Waals surface area contributed by atoms with Crippen molar-refractivity contribution in [2.45, 2.75) is 17.9 Å². The lowest BCUT2D eigenvalue weighted by molar-refractivity contribution is -0.918. The number of piperazine rings is 1. The first-order valence-electron chi connectivity index (χ1n) is 6.45. The standard InChI is InChI=1S/C13H16BrN3O2S/c1-11(10-15)16-6-8-17(9-7-16)20(18,19)13-5-3-2-4-12(13)14/h2-5,11H,6-9H2,1H3/p+1/t11-/m0/s1. The van der Waals surface area contributed by atoms with Crippen LogP contribution in [0.15, 0.2) is 33.6 Å². The topological polar surface area (TPSA) is 65.6 Å². The monoisotopic (exact) mass is 358 g/mol. The predicted octanol–water partition coefficient (Wildman–Crippen LogP) is 0.250. The second kappa shape index (κ2) is 6.22. The third-order valence-electron chi connectivity index (χ3n) is 3.63. The highest BCUT2D eigenvalue weighted by atomic mass is 79.9. The van der Waals surface area contributed by atoms with E-state index in [-0.39, 0.29) is 6.04 Å². The van der Waals surface area contributed by atoms with Crippen LogP contribution in [-0.2, 0) is 10.0 Å². The minimum atomic E-state index is -3.46. The Morgan fingerprint density at radius 2 is 1.95 bits per heavy atom. The van der Waals surface area contributed by atoms with Crippen molar-refractivity contribution in [3.8, 4) is 6.07 Å². The van der Waals surface area contributed by atoms with E-state index in [4.69, 9.17) is 5.26 Å². The Labute approximate surface area is 128 Å². The van der Waals surface area contributed by atoms with Crippen LogP contribution in [0.3, 0.4) is 0 Å². The van der Waals surface area contributed by atoms with Crippen LogP contribution in [0.2, 0.25) is 0 Å². The molecule has 2 rings (SSSR count). The van der Waals surface area contributed by atoms with Gasteiger partial charge in [-0.15, -0.1) is 0 Å². The molecule has 1 aromatic carbocycles. The second-order valence-corrected chi connectivity index (χ2v) is 7.60. The van der Waals surface area contributed by atoms with Crippen molar-refractivity contribution in [3.05, 3.63) is 28.7 Å². The maximum atomic E-state index is 12.6. The van der Waals surface area contributed by atoms with E-state index < -0.39 is 10.0 Å². The predicted molar refractivity (Wildman–Crippen MR) is 78.7 cm³/mol. The molecule has 1 atom stereocenters. The Morgan fingerprint density at radius 3 is 2.50 bits per heavy atom. The third-order valence-corrected chi connectivity index (χ3v) is 6.54. The summed E-state index contributed by atoms with van der Waals surface area (Å²) in [5, 5.41) is 8.92. The van der Waals surface area contributed by atoms with Crippen molar-refractivity contribution in [1.82, 2.24) is 4.31 Å². The van der Waals surface area contributed by atoms with E-state index in [9.17, 15) is 8.42 Å². The first kappa shape index (κ1) is 15.4. The average molecular weight is 359 g/mol. The first-order chi connectivity index (χ1) is 9.46. The van der Waals surface area contributed by atoms with Crippen LogP contribution >= 0.6 is 15.9 Å². The van der Waals surface area contributed by atoms with E-state index in [0.717, 1.165) is 4.90 Å². The molecule has 5 nitrogen and oxygen atoms in total. The summed E-state index contributed by atoms with van der Waals surface area (Å²) in [5.74, 6) is 0. The maximum absolute atomic E-state index is 12.6. The smallest absolute Gasteiger partial charge is 0.244 e. The van der Waals surface area contributed by atoms with Crippen LogP contribution in [0.5, 0.6) is 0 Å². The molecule has 7 heteroatoms. The molecule has 1 aliphatic rings. The number of nitrogens with zero attached hydrogens (tertiary/aromatic N) is 2. The molecule has 1 heterocycles. The molecule has 0 unspecified atom stereocenters. The van der Waals surface area contributed by atoms with E-state index in [1.54, 1.807) is 24.3 Å². The van der Waals surface area contributed by atoms with Gasteiger partial charge in [0.1, 0.15) is 6.07 Å². The molecule has 0 saturated carbocycles. The molecule has 0 radical (unpaired) electrons. The number of benzene rings is 1. The molecule has 1 N–H and O–H groups in total. The fourth-order valence-corrected chi connectivity index (χ4v) is 4.74. The van der Waals surface area contributed by atoms with Gasteiger partial charge in [0.15, 0.2) is 6.04 Å². The molecular formula is C13H17BrN3O2S+. The highest BCUT2D eigenvalue weighted by molar-refractivity contribution is 9.10. The van der Waals surface area contributed by atoms with Gasteiger partial charge in [0.05, 0.1) is 31.1 Å². The van der Waals surface area contributed by atoms with E-state index in [2.05, 4.69) is 22.0 Å². The van der Waals surface area contributed by atoms with Crippen molar-refractivity contribution in [2.24, 2.45) is 0 Å². The molecule has 1 saturated heterocycles. The first-order valence-corrected chi connectivity index (χ1v) is 8.69. The number of nitrogens with one attached hydrogen (secondary N) is 1. The van der Waals surface area contributed by atoms with E-state index >= 15 is 0 Å². The van der Waals surface area contributed by atoms with Gasteiger partial charge in [-0.05, 0) is 28.1 Å². The molecule has 1 fully saturated rings. The highest BCUT2D eigenvalue weighted by Crippen LogP contribution is 2.24. The quantitative estimate of drug-likeness (QED) is 0.842. The summed E-state index contributed by atoms with van der Waals surface area (Å²) in [6.07, 6.45) is 0. The fraction of sp³-hybridized carbons (Fsp3) is 0.462. The number of rotatable bonds is 3. The van der Waals surface area contributed by atoms with Crippen LogP contribution in [0.4, 0.5) is 0 Å². The van der Waals surface area contributed by atoms with Crippen LogP contribution in [0, 0.1) is 11.3 Å².